The second-order valence-corrected chi connectivity index (χ2v) is 10.2. The lowest BCUT2D eigenvalue weighted by Gasteiger charge is -2.32. The van der Waals surface area contributed by atoms with Crippen LogP contribution in [-0.2, 0) is 19.5 Å². The van der Waals surface area contributed by atoms with Crippen LogP contribution in [-0.4, -0.2) is 64.5 Å². The van der Waals surface area contributed by atoms with Crippen LogP contribution in [0.4, 0.5) is 5.13 Å². The van der Waals surface area contributed by atoms with Gasteiger partial charge in [-0.05, 0) is 19.9 Å². The molecule has 8 heteroatoms. The van der Waals surface area contributed by atoms with E-state index in [-0.39, 0.29) is 5.56 Å². The van der Waals surface area contributed by atoms with Crippen LogP contribution in [0.3, 0.4) is 0 Å². The van der Waals surface area contributed by atoms with Gasteiger partial charge in [-0.3, -0.25) is 9.69 Å². The largest absolute Gasteiger partial charge is 0.346 e. The Morgan fingerprint density at radius 3 is 2.73 bits per heavy atom. The SMILES string of the molecule is CN1CCN(c2ncc(CN3CCc4nc(C5CCCCC5)[nH]c(=O)c4C3)s2)CC1. The maximum Gasteiger partial charge on any atom is 0.255 e. The molecule has 162 valence electrons. The summed E-state index contributed by atoms with van der Waals surface area (Å²) in [5.41, 5.74) is 1.97. The Hall–Kier alpha value is -1.77. The standard InChI is InChI=1S/C22H32N6OS/c1-26-9-11-28(12-10-26)22-23-13-17(30-22)14-27-8-7-19-18(15-27)21(29)25-20(24-19)16-5-3-2-4-6-16/h13,16H,2-12,14-15H2,1H3,(H,24,25,29). The van der Waals surface area contributed by atoms with Crippen molar-refractivity contribution in [2.24, 2.45) is 0 Å². The summed E-state index contributed by atoms with van der Waals surface area (Å²) in [5, 5.41) is 1.13. The number of thiazole rings is 1. The second kappa shape index (κ2) is 8.77. The second-order valence-electron chi connectivity index (χ2n) is 9.07. The van der Waals surface area contributed by atoms with Crippen molar-refractivity contribution in [3.63, 3.8) is 0 Å². The van der Waals surface area contributed by atoms with Crippen molar-refractivity contribution < 1.29 is 0 Å². The van der Waals surface area contributed by atoms with Crippen LogP contribution in [0.2, 0.25) is 0 Å². The van der Waals surface area contributed by atoms with Gasteiger partial charge in [0.15, 0.2) is 5.13 Å². The van der Waals surface area contributed by atoms with E-state index >= 15 is 0 Å². The first-order valence-electron chi connectivity index (χ1n) is 11.4. The summed E-state index contributed by atoms with van der Waals surface area (Å²) in [6.45, 7) is 6.77. The number of H-pyrrole nitrogens is 1. The van der Waals surface area contributed by atoms with E-state index in [0.29, 0.717) is 12.5 Å². The van der Waals surface area contributed by atoms with E-state index in [1.54, 1.807) is 11.3 Å². The molecule has 7 nitrogen and oxygen atoms in total. The van der Waals surface area contributed by atoms with E-state index in [2.05, 4.69) is 31.7 Å². The summed E-state index contributed by atoms with van der Waals surface area (Å²) in [4.78, 5) is 33.9. The molecule has 0 radical (unpaired) electrons. The van der Waals surface area contributed by atoms with Gasteiger partial charge in [0, 0.05) is 69.2 Å². The molecule has 2 aromatic heterocycles. The van der Waals surface area contributed by atoms with Crippen molar-refractivity contribution in [1.29, 1.82) is 0 Å². The van der Waals surface area contributed by atoms with Gasteiger partial charge in [0.25, 0.3) is 5.56 Å². The number of aromatic amines is 1. The van der Waals surface area contributed by atoms with Crippen LogP contribution in [0.25, 0.3) is 0 Å². The number of aromatic nitrogens is 3. The van der Waals surface area contributed by atoms with Gasteiger partial charge in [-0.1, -0.05) is 19.3 Å². The molecule has 0 amide bonds. The van der Waals surface area contributed by atoms with Gasteiger partial charge in [-0.25, -0.2) is 9.97 Å². The van der Waals surface area contributed by atoms with Gasteiger partial charge in [0.2, 0.25) is 0 Å². The van der Waals surface area contributed by atoms with Crippen LogP contribution >= 0.6 is 11.3 Å². The molecule has 5 rings (SSSR count). The first-order valence-corrected chi connectivity index (χ1v) is 12.2. The highest BCUT2D eigenvalue weighted by atomic mass is 32.1. The summed E-state index contributed by atoms with van der Waals surface area (Å²) in [6.07, 6.45) is 9.03. The number of nitrogens with one attached hydrogen (secondary N) is 1. The van der Waals surface area contributed by atoms with Gasteiger partial charge in [0.05, 0.1) is 11.3 Å². The number of likely N-dealkylation sites (N-methyl/N-ethyl adjacent to an activating group) is 1. The van der Waals surface area contributed by atoms with E-state index in [0.717, 1.165) is 80.7 Å². The van der Waals surface area contributed by atoms with Gasteiger partial charge < -0.3 is 14.8 Å². The fourth-order valence-electron chi connectivity index (χ4n) is 4.94. The fourth-order valence-corrected chi connectivity index (χ4v) is 5.94. The number of piperazine rings is 1. The van der Waals surface area contributed by atoms with E-state index in [4.69, 9.17) is 4.98 Å². The highest BCUT2D eigenvalue weighted by Gasteiger charge is 2.25. The van der Waals surface area contributed by atoms with Gasteiger partial charge >= 0.3 is 0 Å². The third-order valence-corrected chi connectivity index (χ3v) is 7.90. The molecule has 2 aliphatic heterocycles. The van der Waals surface area contributed by atoms with Crippen molar-refractivity contribution >= 4 is 16.5 Å². The smallest absolute Gasteiger partial charge is 0.255 e. The van der Waals surface area contributed by atoms with Crippen LogP contribution < -0.4 is 10.5 Å². The average molecular weight is 429 g/mol. The maximum absolute atomic E-state index is 12.8. The highest BCUT2D eigenvalue weighted by molar-refractivity contribution is 7.15. The number of rotatable bonds is 4. The predicted molar refractivity (Wildman–Crippen MR) is 120 cm³/mol. The molecule has 3 aliphatic rings. The monoisotopic (exact) mass is 428 g/mol. The molecule has 1 saturated carbocycles. The number of hydrogen-bond donors (Lipinski definition) is 1. The number of nitrogens with zero attached hydrogens (tertiary/aromatic N) is 5. The Morgan fingerprint density at radius 1 is 1.13 bits per heavy atom. The van der Waals surface area contributed by atoms with Crippen LogP contribution in [0.15, 0.2) is 11.0 Å². The molecule has 1 saturated heterocycles. The average Bonchev–Trinajstić information content (AvgIpc) is 3.23. The zero-order chi connectivity index (χ0) is 20.5. The Kier molecular flexibility index (Phi) is 5.89. The molecular weight excluding hydrogens is 396 g/mol. The van der Waals surface area contributed by atoms with E-state index in [1.807, 2.05) is 6.20 Å². The zero-order valence-corrected chi connectivity index (χ0v) is 18.7. The normalized spacial score (nSPS) is 21.7. The number of fused-ring (bicyclic) bond motifs is 1. The van der Waals surface area contributed by atoms with Crippen molar-refractivity contribution in [3.8, 4) is 0 Å². The summed E-state index contributed by atoms with van der Waals surface area (Å²) in [5.74, 6) is 1.38. The zero-order valence-electron chi connectivity index (χ0n) is 17.9. The maximum atomic E-state index is 12.8. The van der Waals surface area contributed by atoms with E-state index in [9.17, 15) is 4.79 Å². The summed E-state index contributed by atoms with van der Waals surface area (Å²) in [7, 11) is 2.17. The molecular formula is C22H32N6OS. The van der Waals surface area contributed by atoms with Crippen LogP contribution in [0.1, 0.15) is 60.0 Å². The van der Waals surface area contributed by atoms with E-state index < -0.39 is 0 Å². The first-order chi connectivity index (χ1) is 14.7. The summed E-state index contributed by atoms with van der Waals surface area (Å²) >= 11 is 1.79. The molecule has 0 spiro atoms. The molecule has 0 bridgehead atoms. The molecule has 0 aromatic carbocycles. The van der Waals surface area contributed by atoms with Gasteiger partial charge in [0.1, 0.15) is 5.82 Å². The van der Waals surface area contributed by atoms with Crippen LogP contribution in [0.5, 0.6) is 0 Å². The molecule has 1 N–H and O–H groups in total. The minimum absolute atomic E-state index is 0.0766. The Balaban J connectivity index is 1.24. The molecule has 1 aliphatic carbocycles. The van der Waals surface area contributed by atoms with Crippen molar-refractivity contribution in [3.05, 3.63) is 38.5 Å². The van der Waals surface area contributed by atoms with Crippen molar-refractivity contribution in [2.75, 3.05) is 44.7 Å². The fraction of sp³-hybridized carbons (Fsp3) is 0.682. The summed E-state index contributed by atoms with van der Waals surface area (Å²) < 4.78 is 0. The lowest BCUT2D eigenvalue weighted by molar-refractivity contribution is 0.243. The minimum Gasteiger partial charge on any atom is -0.346 e. The minimum atomic E-state index is 0.0766. The third-order valence-electron chi connectivity index (χ3n) is 6.85. The molecule has 2 aromatic rings. The molecule has 0 unspecified atom stereocenters. The summed E-state index contributed by atoms with van der Waals surface area (Å²) in [6, 6.07) is 0. The predicted octanol–water partition coefficient (Wildman–Crippen LogP) is 2.58. The Morgan fingerprint density at radius 2 is 1.93 bits per heavy atom. The molecule has 30 heavy (non-hydrogen) atoms. The number of hydrogen-bond acceptors (Lipinski definition) is 7. The Labute approximate surface area is 182 Å². The number of anilines is 1. The first kappa shape index (κ1) is 20.2. The lowest BCUT2D eigenvalue weighted by atomic mass is 9.88. The molecule has 0 atom stereocenters. The molecule has 2 fully saturated rings. The quantitative estimate of drug-likeness (QED) is 0.807. The Bertz CT molecular complexity index is 926. The third kappa shape index (κ3) is 4.31. The molecule has 4 heterocycles. The van der Waals surface area contributed by atoms with Crippen LogP contribution in [0, 0.1) is 0 Å². The van der Waals surface area contributed by atoms with Crippen molar-refractivity contribution in [2.45, 2.75) is 57.5 Å². The lowest BCUT2D eigenvalue weighted by Crippen LogP contribution is -2.44. The topological polar surface area (TPSA) is 68.4 Å². The van der Waals surface area contributed by atoms with Crippen molar-refractivity contribution in [1.82, 2.24) is 24.8 Å². The van der Waals surface area contributed by atoms with Gasteiger partial charge in [-0.15, -0.1) is 11.3 Å². The van der Waals surface area contributed by atoms with E-state index in [1.165, 1.54) is 24.1 Å². The highest BCUT2D eigenvalue weighted by Crippen LogP contribution is 2.31. The van der Waals surface area contributed by atoms with Gasteiger partial charge in [-0.2, -0.15) is 0 Å².